The number of carbonyl (C=O) groups is 1. The van der Waals surface area contributed by atoms with Gasteiger partial charge in [-0.2, -0.15) is 4.31 Å². The van der Waals surface area contributed by atoms with Crippen LogP contribution in [0.5, 0.6) is 11.5 Å². The zero-order valence-electron chi connectivity index (χ0n) is 17.8. The number of hydrogen-bond acceptors (Lipinski definition) is 6. The van der Waals surface area contributed by atoms with Crippen LogP contribution in [0, 0.1) is 0 Å². The van der Waals surface area contributed by atoms with E-state index in [0.29, 0.717) is 13.1 Å². The lowest BCUT2D eigenvalue weighted by molar-refractivity contribution is -0.274. The lowest BCUT2D eigenvalue weighted by Gasteiger charge is -2.26. The summed E-state index contributed by atoms with van der Waals surface area (Å²) in [6, 6.07) is 9.45. The van der Waals surface area contributed by atoms with E-state index in [-0.39, 0.29) is 22.0 Å². The molecule has 1 heterocycles. The van der Waals surface area contributed by atoms with Crippen molar-refractivity contribution in [2.45, 2.75) is 30.5 Å². The molecule has 0 bridgehead atoms. The summed E-state index contributed by atoms with van der Waals surface area (Å²) in [5, 5.41) is 5.13. The maximum atomic E-state index is 12.9. The number of carbonyl (C=O) groups excluding carboxylic acids is 1. The molecule has 3 rings (SSSR count). The number of rotatable bonds is 8. The molecule has 0 atom stereocenters. The minimum absolute atomic E-state index is 0.0115. The van der Waals surface area contributed by atoms with E-state index in [9.17, 15) is 26.4 Å². The smallest absolute Gasteiger partial charge is 0.495 e. The van der Waals surface area contributed by atoms with Gasteiger partial charge in [-0.05, 0) is 43.2 Å². The first-order valence-corrected chi connectivity index (χ1v) is 11.6. The molecule has 0 spiro atoms. The molecule has 2 N–H and O–H groups in total. The van der Waals surface area contributed by atoms with E-state index in [0.717, 1.165) is 25.3 Å². The number of hydrogen-bond donors (Lipinski definition) is 2. The Morgan fingerprint density at radius 3 is 2.39 bits per heavy atom. The fraction of sp³-hybridized carbons (Fsp3) is 0.381. The largest absolute Gasteiger partial charge is 0.573 e. The van der Waals surface area contributed by atoms with Crippen LogP contribution in [0.15, 0.2) is 47.4 Å². The van der Waals surface area contributed by atoms with Gasteiger partial charge in [0.25, 0.3) is 0 Å². The Bertz CT molecular complexity index is 1090. The minimum Gasteiger partial charge on any atom is -0.495 e. The summed E-state index contributed by atoms with van der Waals surface area (Å²) in [6.45, 7) is 0.462. The number of nitrogens with one attached hydrogen (secondary N) is 2. The van der Waals surface area contributed by atoms with E-state index in [2.05, 4.69) is 15.4 Å². The second kappa shape index (κ2) is 10.3. The number of ether oxygens (including phenoxy) is 2. The van der Waals surface area contributed by atoms with Gasteiger partial charge in [-0.3, -0.25) is 4.79 Å². The molecule has 2 aromatic carbocycles. The number of nitrogens with zero attached hydrogens (tertiary/aromatic N) is 1. The van der Waals surface area contributed by atoms with Gasteiger partial charge >= 0.3 is 6.36 Å². The molecule has 0 saturated carbocycles. The van der Waals surface area contributed by atoms with Gasteiger partial charge in [-0.25, -0.2) is 8.42 Å². The first-order valence-electron chi connectivity index (χ1n) is 10.2. The zero-order chi connectivity index (χ0) is 24.1. The Balaban J connectivity index is 1.73. The minimum atomic E-state index is -4.88. The van der Waals surface area contributed by atoms with Gasteiger partial charge in [-0.1, -0.05) is 18.6 Å². The number of halogens is 3. The van der Waals surface area contributed by atoms with E-state index >= 15 is 0 Å². The Morgan fingerprint density at radius 1 is 1.03 bits per heavy atom. The number of piperidine rings is 1. The van der Waals surface area contributed by atoms with E-state index < -0.39 is 34.6 Å². The Morgan fingerprint density at radius 2 is 1.73 bits per heavy atom. The van der Waals surface area contributed by atoms with Crippen molar-refractivity contribution in [1.29, 1.82) is 0 Å². The second-order valence-electron chi connectivity index (χ2n) is 7.27. The number of amides is 1. The van der Waals surface area contributed by atoms with E-state index in [1.54, 1.807) is 0 Å². The quantitative estimate of drug-likeness (QED) is 0.588. The van der Waals surface area contributed by atoms with Gasteiger partial charge in [0.1, 0.15) is 5.75 Å². The summed E-state index contributed by atoms with van der Waals surface area (Å²) in [5.74, 6) is -0.866. The fourth-order valence-electron chi connectivity index (χ4n) is 3.40. The third-order valence-corrected chi connectivity index (χ3v) is 6.84. The van der Waals surface area contributed by atoms with Crippen LogP contribution in [0.1, 0.15) is 19.3 Å². The van der Waals surface area contributed by atoms with E-state index in [4.69, 9.17) is 4.74 Å². The monoisotopic (exact) mass is 487 g/mol. The topological polar surface area (TPSA) is 97.0 Å². The van der Waals surface area contributed by atoms with Crippen LogP contribution in [-0.4, -0.2) is 51.7 Å². The van der Waals surface area contributed by atoms with Crippen LogP contribution in [0.4, 0.5) is 24.5 Å². The molecule has 1 aliphatic heterocycles. The van der Waals surface area contributed by atoms with Crippen molar-refractivity contribution in [2.24, 2.45) is 0 Å². The summed E-state index contributed by atoms with van der Waals surface area (Å²) in [4.78, 5) is 12.5. The van der Waals surface area contributed by atoms with Crippen molar-refractivity contribution in [3.8, 4) is 11.5 Å². The van der Waals surface area contributed by atoms with E-state index in [1.807, 2.05) is 0 Å². The summed E-state index contributed by atoms with van der Waals surface area (Å²) in [5.41, 5.74) is 0.0978. The van der Waals surface area contributed by atoms with Crippen LogP contribution in [0.25, 0.3) is 0 Å². The Labute approximate surface area is 189 Å². The van der Waals surface area contributed by atoms with E-state index in [1.165, 1.54) is 47.8 Å². The van der Waals surface area contributed by atoms with Crippen LogP contribution in [0.2, 0.25) is 0 Å². The van der Waals surface area contributed by atoms with Gasteiger partial charge in [-0.15, -0.1) is 13.2 Å². The number of methoxy groups -OCH3 is 1. The van der Waals surface area contributed by atoms with Gasteiger partial charge in [0.05, 0.1) is 29.9 Å². The Hall–Kier alpha value is -2.99. The van der Waals surface area contributed by atoms with Crippen molar-refractivity contribution in [3.63, 3.8) is 0 Å². The van der Waals surface area contributed by atoms with Crippen LogP contribution in [0.3, 0.4) is 0 Å². The summed E-state index contributed by atoms with van der Waals surface area (Å²) in [7, 11) is -2.37. The van der Waals surface area contributed by atoms with Gasteiger partial charge < -0.3 is 20.1 Å². The number of benzene rings is 2. The molecular weight excluding hydrogens is 463 g/mol. The van der Waals surface area contributed by atoms with Gasteiger partial charge in [0.2, 0.25) is 15.9 Å². The molecule has 1 fully saturated rings. The zero-order valence-corrected chi connectivity index (χ0v) is 18.6. The van der Waals surface area contributed by atoms with Gasteiger partial charge in [0, 0.05) is 13.1 Å². The molecule has 12 heteroatoms. The van der Waals surface area contributed by atoms with Crippen molar-refractivity contribution in [3.05, 3.63) is 42.5 Å². The SMILES string of the molecule is COc1ccc(S(=O)(=O)N2CCCCC2)cc1NC(=O)CNc1ccccc1OC(F)(F)F. The normalized spacial score (nSPS) is 15.0. The van der Waals surface area contributed by atoms with Crippen molar-refractivity contribution in [1.82, 2.24) is 4.31 Å². The van der Waals surface area contributed by atoms with Crippen LogP contribution < -0.4 is 20.1 Å². The summed E-state index contributed by atoms with van der Waals surface area (Å²) in [6.07, 6.45) is -2.35. The molecule has 0 unspecified atom stereocenters. The third kappa shape index (κ3) is 6.51. The highest BCUT2D eigenvalue weighted by Crippen LogP contribution is 2.31. The summed E-state index contributed by atoms with van der Waals surface area (Å²) >= 11 is 0. The standard InChI is InChI=1S/C21H24F3N3O5S/c1-31-18-10-9-15(33(29,30)27-11-5-2-6-12-27)13-17(18)26-20(28)14-25-16-7-3-4-8-19(16)32-21(22,23)24/h3-4,7-10,13,25H,2,5-6,11-12,14H2,1H3,(H,26,28). The Kier molecular flexibility index (Phi) is 7.69. The lowest BCUT2D eigenvalue weighted by Crippen LogP contribution is -2.35. The molecule has 1 saturated heterocycles. The first kappa shape index (κ1) is 24.6. The molecule has 0 radical (unpaired) electrons. The number of anilines is 2. The average molecular weight is 488 g/mol. The molecule has 180 valence electrons. The van der Waals surface area contributed by atoms with Crippen molar-refractivity contribution in [2.75, 3.05) is 37.4 Å². The average Bonchev–Trinajstić information content (AvgIpc) is 2.78. The highest BCUT2D eigenvalue weighted by atomic mass is 32.2. The number of sulfonamides is 1. The molecule has 2 aromatic rings. The predicted molar refractivity (Wildman–Crippen MR) is 116 cm³/mol. The molecule has 0 aromatic heterocycles. The molecule has 1 amide bonds. The lowest BCUT2D eigenvalue weighted by atomic mass is 10.2. The van der Waals surface area contributed by atoms with Gasteiger partial charge in [0.15, 0.2) is 5.75 Å². The molecule has 1 aliphatic rings. The van der Waals surface area contributed by atoms with Crippen LogP contribution >= 0.6 is 0 Å². The molecule has 33 heavy (non-hydrogen) atoms. The first-order chi connectivity index (χ1) is 15.6. The highest BCUT2D eigenvalue weighted by molar-refractivity contribution is 7.89. The number of alkyl halides is 3. The maximum Gasteiger partial charge on any atom is 0.573 e. The summed E-state index contributed by atoms with van der Waals surface area (Å²) < 4.78 is 74.1. The number of para-hydroxylation sites is 2. The van der Waals surface area contributed by atoms with Crippen molar-refractivity contribution >= 4 is 27.3 Å². The molecule has 0 aliphatic carbocycles. The molecular formula is C21H24F3N3O5S. The van der Waals surface area contributed by atoms with Crippen LogP contribution in [-0.2, 0) is 14.8 Å². The third-order valence-electron chi connectivity index (χ3n) is 4.95. The second-order valence-corrected chi connectivity index (χ2v) is 9.21. The van der Waals surface area contributed by atoms with Crippen molar-refractivity contribution < 1.29 is 35.9 Å². The fourth-order valence-corrected chi connectivity index (χ4v) is 4.94. The highest BCUT2D eigenvalue weighted by Gasteiger charge is 2.32. The molecule has 8 nitrogen and oxygen atoms in total. The maximum absolute atomic E-state index is 12.9. The predicted octanol–water partition coefficient (Wildman–Crippen LogP) is 3.82.